The monoisotopic (exact) mass is 286 g/mol. The molecule has 0 spiro atoms. The SMILES string of the molecule is O=C(C1CN2CCCC2CO1)C1CCCc2cccnc21. The summed E-state index contributed by atoms with van der Waals surface area (Å²) in [6.07, 6.45) is 7.06. The topological polar surface area (TPSA) is 42.4 Å². The Labute approximate surface area is 125 Å². The first-order valence-electron chi connectivity index (χ1n) is 8.16. The quantitative estimate of drug-likeness (QED) is 0.833. The number of aromatic nitrogens is 1. The Hall–Kier alpha value is -1.26. The van der Waals surface area contributed by atoms with Crippen LogP contribution in [-0.4, -0.2) is 47.5 Å². The zero-order valence-electron chi connectivity index (χ0n) is 12.3. The second-order valence-corrected chi connectivity index (χ2v) is 6.51. The molecule has 2 fully saturated rings. The van der Waals surface area contributed by atoms with Crippen LogP contribution >= 0.6 is 0 Å². The lowest BCUT2D eigenvalue weighted by atomic mass is 9.82. The van der Waals surface area contributed by atoms with Gasteiger partial charge in [0.15, 0.2) is 5.78 Å². The predicted octanol–water partition coefficient (Wildman–Crippen LogP) is 1.93. The van der Waals surface area contributed by atoms with E-state index in [9.17, 15) is 4.79 Å². The summed E-state index contributed by atoms with van der Waals surface area (Å²) in [5.74, 6) is 0.194. The molecule has 0 N–H and O–H groups in total. The number of hydrogen-bond acceptors (Lipinski definition) is 4. The van der Waals surface area contributed by atoms with E-state index in [-0.39, 0.29) is 17.8 Å². The third kappa shape index (κ3) is 2.40. The van der Waals surface area contributed by atoms with Crippen molar-refractivity contribution in [2.24, 2.45) is 0 Å². The van der Waals surface area contributed by atoms with Crippen molar-refractivity contribution in [2.75, 3.05) is 19.7 Å². The average molecular weight is 286 g/mol. The first-order chi connectivity index (χ1) is 10.3. The van der Waals surface area contributed by atoms with Crippen molar-refractivity contribution in [2.45, 2.75) is 50.2 Å². The maximum atomic E-state index is 12.9. The van der Waals surface area contributed by atoms with Crippen molar-refractivity contribution >= 4 is 5.78 Å². The number of ketones is 1. The summed E-state index contributed by atoms with van der Waals surface area (Å²) < 4.78 is 5.90. The lowest BCUT2D eigenvalue weighted by molar-refractivity contribution is -0.140. The largest absolute Gasteiger partial charge is 0.367 e. The average Bonchev–Trinajstić information content (AvgIpc) is 3.01. The van der Waals surface area contributed by atoms with Crippen LogP contribution in [0.3, 0.4) is 0 Å². The molecule has 2 saturated heterocycles. The maximum Gasteiger partial charge on any atom is 0.171 e. The molecule has 2 aliphatic heterocycles. The molecule has 3 aliphatic rings. The molecule has 4 nitrogen and oxygen atoms in total. The molecule has 0 radical (unpaired) electrons. The highest BCUT2D eigenvalue weighted by atomic mass is 16.5. The minimum absolute atomic E-state index is 0.0564. The van der Waals surface area contributed by atoms with E-state index >= 15 is 0 Å². The maximum absolute atomic E-state index is 12.9. The summed E-state index contributed by atoms with van der Waals surface area (Å²) in [5, 5.41) is 0. The summed E-state index contributed by atoms with van der Waals surface area (Å²) in [5.41, 5.74) is 2.25. The second kappa shape index (κ2) is 5.50. The van der Waals surface area contributed by atoms with E-state index in [1.54, 1.807) is 0 Å². The third-order valence-corrected chi connectivity index (χ3v) is 5.25. The molecule has 21 heavy (non-hydrogen) atoms. The predicted molar refractivity (Wildman–Crippen MR) is 79.3 cm³/mol. The van der Waals surface area contributed by atoms with Crippen LogP contribution < -0.4 is 0 Å². The Morgan fingerprint density at radius 3 is 3.24 bits per heavy atom. The van der Waals surface area contributed by atoms with E-state index in [0.29, 0.717) is 6.04 Å². The molecule has 1 aromatic rings. The molecule has 1 aromatic heterocycles. The molecule has 4 heteroatoms. The zero-order valence-corrected chi connectivity index (χ0v) is 12.3. The first kappa shape index (κ1) is 13.4. The minimum Gasteiger partial charge on any atom is -0.367 e. The lowest BCUT2D eigenvalue weighted by Gasteiger charge is -2.36. The molecular formula is C17H22N2O2. The van der Waals surface area contributed by atoms with Crippen LogP contribution in [0, 0.1) is 0 Å². The van der Waals surface area contributed by atoms with Gasteiger partial charge in [-0.2, -0.15) is 0 Å². The van der Waals surface area contributed by atoms with Crippen LogP contribution in [0.5, 0.6) is 0 Å². The molecule has 112 valence electrons. The van der Waals surface area contributed by atoms with Crippen LogP contribution in [0.1, 0.15) is 42.9 Å². The fraction of sp³-hybridized carbons (Fsp3) is 0.647. The number of pyridine rings is 1. The highest BCUT2D eigenvalue weighted by molar-refractivity contribution is 5.90. The van der Waals surface area contributed by atoms with Gasteiger partial charge in [0, 0.05) is 18.8 Å². The first-order valence-corrected chi connectivity index (χ1v) is 8.16. The zero-order chi connectivity index (χ0) is 14.2. The molecular weight excluding hydrogens is 264 g/mol. The Balaban J connectivity index is 1.53. The number of ether oxygens (including phenoxy) is 1. The summed E-state index contributed by atoms with van der Waals surface area (Å²) >= 11 is 0. The summed E-state index contributed by atoms with van der Waals surface area (Å²) in [6.45, 7) is 2.62. The Morgan fingerprint density at radius 2 is 2.29 bits per heavy atom. The van der Waals surface area contributed by atoms with Gasteiger partial charge in [0.25, 0.3) is 0 Å². The molecule has 4 rings (SSSR count). The Morgan fingerprint density at radius 1 is 1.33 bits per heavy atom. The van der Waals surface area contributed by atoms with E-state index in [4.69, 9.17) is 4.74 Å². The second-order valence-electron chi connectivity index (χ2n) is 6.51. The third-order valence-electron chi connectivity index (χ3n) is 5.25. The molecule has 1 aliphatic carbocycles. The molecule has 0 amide bonds. The van der Waals surface area contributed by atoms with Crippen molar-refractivity contribution in [1.82, 2.24) is 9.88 Å². The number of hydrogen-bond donors (Lipinski definition) is 0. The Kier molecular flexibility index (Phi) is 3.51. The molecule has 3 unspecified atom stereocenters. The standard InChI is InChI=1S/C17H22N2O2/c20-17(15-10-19-9-3-6-13(19)11-21-15)14-7-1-4-12-5-2-8-18-16(12)14/h2,5,8,13-15H,1,3-4,6-7,9-11H2. The fourth-order valence-corrected chi connectivity index (χ4v) is 4.10. The lowest BCUT2D eigenvalue weighted by Crippen LogP contribution is -2.50. The van der Waals surface area contributed by atoms with Gasteiger partial charge in [-0.25, -0.2) is 0 Å². The number of carbonyl (C=O) groups is 1. The number of rotatable bonds is 2. The number of aryl methyl sites for hydroxylation is 1. The highest BCUT2D eigenvalue weighted by Crippen LogP contribution is 2.33. The van der Waals surface area contributed by atoms with Crippen LogP contribution in [-0.2, 0) is 16.0 Å². The molecule has 0 bridgehead atoms. The van der Waals surface area contributed by atoms with Crippen LogP contribution in [0.4, 0.5) is 0 Å². The van der Waals surface area contributed by atoms with E-state index in [1.807, 2.05) is 12.3 Å². The number of Topliss-reactive ketones (excluding diaryl/α,β-unsaturated/α-hetero) is 1. The number of nitrogens with zero attached hydrogens (tertiary/aromatic N) is 2. The van der Waals surface area contributed by atoms with Crippen LogP contribution in [0.25, 0.3) is 0 Å². The van der Waals surface area contributed by atoms with Gasteiger partial charge in [0.05, 0.1) is 18.2 Å². The van der Waals surface area contributed by atoms with Crippen LogP contribution in [0.15, 0.2) is 18.3 Å². The molecule has 3 atom stereocenters. The molecule has 0 aromatic carbocycles. The van der Waals surface area contributed by atoms with Gasteiger partial charge < -0.3 is 4.74 Å². The fourth-order valence-electron chi connectivity index (χ4n) is 4.10. The van der Waals surface area contributed by atoms with E-state index in [0.717, 1.165) is 44.7 Å². The van der Waals surface area contributed by atoms with Crippen molar-refractivity contribution in [3.63, 3.8) is 0 Å². The van der Waals surface area contributed by atoms with E-state index < -0.39 is 0 Å². The smallest absolute Gasteiger partial charge is 0.171 e. The normalized spacial score (nSPS) is 32.5. The van der Waals surface area contributed by atoms with Crippen molar-refractivity contribution < 1.29 is 9.53 Å². The van der Waals surface area contributed by atoms with Gasteiger partial charge >= 0.3 is 0 Å². The number of morpholine rings is 1. The van der Waals surface area contributed by atoms with Gasteiger partial charge in [-0.15, -0.1) is 0 Å². The molecule has 3 heterocycles. The number of carbonyl (C=O) groups excluding carboxylic acids is 1. The summed E-state index contributed by atoms with van der Waals surface area (Å²) in [7, 11) is 0. The van der Waals surface area contributed by atoms with E-state index in [2.05, 4.69) is 16.0 Å². The summed E-state index contributed by atoms with van der Waals surface area (Å²) in [4.78, 5) is 19.8. The van der Waals surface area contributed by atoms with Gasteiger partial charge in [0.2, 0.25) is 0 Å². The van der Waals surface area contributed by atoms with Gasteiger partial charge in [-0.05, 0) is 50.3 Å². The summed E-state index contributed by atoms with van der Waals surface area (Å²) in [6, 6.07) is 4.63. The minimum atomic E-state index is -0.252. The van der Waals surface area contributed by atoms with Crippen molar-refractivity contribution in [3.05, 3.63) is 29.6 Å². The van der Waals surface area contributed by atoms with Gasteiger partial charge in [-0.3, -0.25) is 14.7 Å². The van der Waals surface area contributed by atoms with E-state index in [1.165, 1.54) is 18.4 Å². The molecule has 0 saturated carbocycles. The highest BCUT2D eigenvalue weighted by Gasteiger charge is 2.39. The van der Waals surface area contributed by atoms with Gasteiger partial charge in [-0.1, -0.05) is 6.07 Å². The van der Waals surface area contributed by atoms with Crippen molar-refractivity contribution in [1.29, 1.82) is 0 Å². The van der Waals surface area contributed by atoms with Crippen LogP contribution in [0.2, 0.25) is 0 Å². The van der Waals surface area contributed by atoms with Crippen molar-refractivity contribution in [3.8, 4) is 0 Å². The Bertz CT molecular complexity index is 545. The van der Waals surface area contributed by atoms with Gasteiger partial charge in [0.1, 0.15) is 6.10 Å². The number of fused-ring (bicyclic) bond motifs is 2.